The van der Waals surface area contributed by atoms with Crippen molar-refractivity contribution in [3.05, 3.63) is 0 Å². The molecule has 1 rings (SSSR count). The second-order valence-corrected chi connectivity index (χ2v) is 5.28. The first-order valence-electron chi connectivity index (χ1n) is 6.74. The van der Waals surface area contributed by atoms with E-state index in [4.69, 9.17) is 10.8 Å². The molecule has 1 heterocycles. The van der Waals surface area contributed by atoms with Gasteiger partial charge < -0.3 is 15.7 Å². The maximum atomic E-state index is 8.83. The smallest absolute Gasteiger partial charge is 0.0446 e. The molecule has 0 amide bonds. The zero-order valence-electron chi connectivity index (χ0n) is 10.9. The highest BCUT2D eigenvalue weighted by atomic mass is 16.3. The van der Waals surface area contributed by atoms with Crippen molar-refractivity contribution >= 4 is 0 Å². The van der Waals surface area contributed by atoms with Gasteiger partial charge in [-0.15, -0.1) is 0 Å². The fraction of sp³-hybridized carbons (Fsp3) is 1.00. The fourth-order valence-electron chi connectivity index (χ4n) is 2.76. The lowest BCUT2D eigenvalue weighted by Gasteiger charge is -2.41. The molecular formula is C13H28N2O. The number of aliphatic hydroxyl groups excluding tert-OH is 1. The monoisotopic (exact) mass is 228 g/mol. The van der Waals surface area contributed by atoms with Gasteiger partial charge in [-0.1, -0.05) is 26.7 Å². The van der Waals surface area contributed by atoms with Gasteiger partial charge in [0.05, 0.1) is 0 Å². The van der Waals surface area contributed by atoms with Gasteiger partial charge >= 0.3 is 0 Å². The number of likely N-dealkylation sites (tertiary alicyclic amines) is 1. The van der Waals surface area contributed by atoms with Crippen LogP contribution in [0.1, 0.15) is 46.0 Å². The molecule has 1 fully saturated rings. The van der Waals surface area contributed by atoms with E-state index in [1.807, 2.05) is 0 Å². The molecule has 3 nitrogen and oxygen atoms in total. The third-order valence-electron chi connectivity index (χ3n) is 4.41. The summed E-state index contributed by atoms with van der Waals surface area (Å²) in [6.45, 7) is 8.15. The van der Waals surface area contributed by atoms with Crippen LogP contribution in [0.5, 0.6) is 0 Å². The minimum atomic E-state index is 0.140. The molecule has 0 aromatic rings. The summed E-state index contributed by atoms with van der Waals surface area (Å²) in [5.41, 5.74) is 6.54. The van der Waals surface area contributed by atoms with Gasteiger partial charge in [-0.2, -0.15) is 0 Å². The SMILES string of the molecule is CCC1(CC)CCN(CC(N)CCO)CC1. The second kappa shape index (κ2) is 6.58. The highest BCUT2D eigenvalue weighted by molar-refractivity contribution is 4.85. The van der Waals surface area contributed by atoms with Crippen LogP contribution >= 0.6 is 0 Å². The van der Waals surface area contributed by atoms with Gasteiger partial charge in [0.25, 0.3) is 0 Å². The fourth-order valence-corrected chi connectivity index (χ4v) is 2.76. The lowest BCUT2D eigenvalue weighted by molar-refractivity contribution is 0.0891. The standard InChI is InChI=1S/C13H28N2O/c1-3-13(4-2)6-8-15(9-7-13)11-12(14)5-10-16/h12,16H,3-11,14H2,1-2H3. The summed E-state index contributed by atoms with van der Waals surface area (Å²) in [7, 11) is 0. The number of hydrogen-bond donors (Lipinski definition) is 2. The summed E-state index contributed by atoms with van der Waals surface area (Å²) in [5.74, 6) is 0. The summed E-state index contributed by atoms with van der Waals surface area (Å²) >= 11 is 0. The largest absolute Gasteiger partial charge is 0.396 e. The minimum absolute atomic E-state index is 0.140. The van der Waals surface area contributed by atoms with Gasteiger partial charge in [0.2, 0.25) is 0 Å². The third kappa shape index (κ3) is 3.72. The Morgan fingerprint density at radius 2 is 1.81 bits per heavy atom. The Morgan fingerprint density at radius 3 is 2.25 bits per heavy atom. The topological polar surface area (TPSA) is 49.5 Å². The van der Waals surface area contributed by atoms with E-state index in [-0.39, 0.29) is 12.6 Å². The zero-order valence-corrected chi connectivity index (χ0v) is 10.9. The van der Waals surface area contributed by atoms with E-state index in [0.29, 0.717) is 5.41 Å². The van der Waals surface area contributed by atoms with E-state index in [2.05, 4.69) is 18.7 Å². The molecule has 3 N–H and O–H groups in total. The van der Waals surface area contributed by atoms with Gasteiger partial charge in [0.15, 0.2) is 0 Å². The van der Waals surface area contributed by atoms with Crippen LogP contribution in [0.2, 0.25) is 0 Å². The average molecular weight is 228 g/mol. The maximum Gasteiger partial charge on any atom is 0.0446 e. The Morgan fingerprint density at radius 1 is 1.25 bits per heavy atom. The van der Waals surface area contributed by atoms with Crippen LogP contribution in [0.3, 0.4) is 0 Å². The third-order valence-corrected chi connectivity index (χ3v) is 4.41. The van der Waals surface area contributed by atoms with Crippen molar-refractivity contribution in [2.75, 3.05) is 26.2 Å². The number of nitrogens with two attached hydrogens (primary N) is 1. The number of piperidine rings is 1. The zero-order chi connectivity index (χ0) is 12.0. The molecular weight excluding hydrogens is 200 g/mol. The predicted molar refractivity (Wildman–Crippen MR) is 68.4 cm³/mol. The molecule has 1 aliphatic rings. The van der Waals surface area contributed by atoms with E-state index in [0.717, 1.165) is 13.0 Å². The molecule has 1 unspecified atom stereocenters. The van der Waals surface area contributed by atoms with Crippen molar-refractivity contribution in [1.29, 1.82) is 0 Å². The quantitative estimate of drug-likeness (QED) is 0.726. The highest BCUT2D eigenvalue weighted by Crippen LogP contribution is 2.37. The first-order chi connectivity index (χ1) is 7.65. The van der Waals surface area contributed by atoms with E-state index in [1.165, 1.54) is 38.8 Å². The second-order valence-electron chi connectivity index (χ2n) is 5.28. The number of rotatable bonds is 6. The van der Waals surface area contributed by atoms with E-state index >= 15 is 0 Å². The van der Waals surface area contributed by atoms with Gasteiger partial charge in [0, 0.05) is 19.2 Å². The molecule has 16 heavy (non-hydrogen) atoms. The Bertz CT molecular complexity index is 182. The molecule has 0 aromatic carbocycles. The van der Waals surface area contributed by atoms with Crippen LogP contribution in [-0.4, -0.2) is 42.3 Å². The summed E-state index contributed by atoms with van der Waals surface area (Å²) < 4.78 is 0. The number of hydrogen-bond acceptors (Lipinski definition) is 3. The van der Waals surface area contributed by atoms with Crippen molar-refractivity contribution in [2.24, 2.45) is 11.1 Å². The van der Waals surface area contributed by atoms with Gasteiger partial charge in [-0.3, -0.25) is 0 Å². The lowest BCUT2D eigenvalue weighted by Crippen LogP contribution is -2.45. The Kier molecular flexibility index (Phi) is 5.73. The number of nitrogens with zero attached hydrogens (tertiary/aromatic N) is 1. The van der Waals surface area contributed by atoms with Crippen molar-refractivity contribution in [3.8, 4) is 0 Å². The van der Waals surface area contributed by atoms with Crippen LogP contribution in [0, 0.1) is 5.41 Å². The van der Waals surface area contributed by atoms with Crippen LogP contribution in [0.15, 0.2) is 0 Å². The summed E-state index contributed by atoms with van der Waals surface area (Å²) in [4.78, 5) is 2.46. The molecule has 0 saturated carbocycles. The first kappa shape index (κ1) is 13.9. The van der Waals surface area contributed by atoms with E-state index in [9.17, 15) is 0 Å². The van der Waals surface area contributed by atoms with Crippen molar-refractivity contribution < 1.29 is 5.11 Å². The molecule has 0 aliphatic carbocycles. The van der Waals surface area contributed by atoms with Crippen molar-refractivity contribution in [2.45, 2.75) is 52.0 Å². The van der Waals surface area contributed by atoms with Crippen LogP contribution in [0.25, 0.3) is 0 Å². The summed E-state index contributed by atoms with van der Waals surface area (Å²) in [6.07, 6.45) is 5.96. The normalized spacial score (nSPS) is 23.2. The molecule has 0 radical (unpaired) electrons. The molecule has 96 valence electrons. The molecule has 0 bridgehead atoms. The van der Waals surface area contributed by atoms with Crippen molar-refractivity contribution in [3.63, 3.8) is 0 Å². The van der Waals surface area contributed by atoms with E-state index in [1.54, 1.807) is 0 Å². The molecule has 0 aromatic heterocycles. The predicted octanol–water partition coefficient (Wildman–Crippen LogP) is 1.60. The molecule has 1 atom stereocenters. The number of aliphatic hydroxyl groups is 1. The lowest BCUT2D eigenvalue weighted by atomic mass is 9.74. The summed E-state index contributed by atoms with van der Waals surface area (Å²) in [5, 5.41) is 8.83. The highest BCUT2D eigenvalue weighted by Gasteiger charge is 2.31. The molecule has 0 spiro atoms. The first-order valence-corrected chi connectivity index (χ1v) is 6.74. The maximum absolute atomic E-state index is 8.83. The van der Waals surface area contributed by atoms with Gasteiger partial charge in [-0.05, 0) is 37.8 Å². The molecule has 1 aliphatic heterocycles. The van der Waals surface area contributed by atoms with Gasteiger partial charge in [-0.25, -0.2) is 0 Å². The van der Waals surface area contributed by atoms with Crippen LogP contribution in [-0.2, 0) is 0 Å². The molecule has 3 heteroatoms. The minimum Gasteiger partial charge on any atom is -0.396 e. The summed E-state index contributed by atoms with van der Waals surface area (Å²) in [6, 6.07) is 0.140. The van der Waals surface area contributed by atoms with Gasteiger partial charge in [0.1, 0.15) is 0 Å². The Balaban J connectivity index is 2.31. The van der Waals surface area contributed by atoms with Crippen LogP contribution in [0.4, 0.5) is 0 Å². The molecule has 1 saturated heterocycles. The Hall–Kier alpha value is -0.120. The van der Waals surface area contributed by atoms with E-state index < -0.39 is 0 Å². The van der Waals surface area contributed by atoms with Crippen molar-refractivity contribution in [1.82, 2.24) is 4.90 Å². The average Bonchev–Trinajstić information content (AvgIpc) is 2.31. The van der Waals surface area contributed by atoms with Crippen LogP contribution < -0.4 is 5.73 Å². The Labute approximate surface area is 100 Å².